The molecule has 1 aromatic heterocycles. The smallest absolute Gasteiger partial charge is 0.220 e. The average molecular weight is 285 g/mol. The van der Waals surface area contributed by atoms with Gasteiger partial charge in [0.05, 0.1) is 12.2 Å². The Morgan fingerprint density at radius 3 is 2.89 bits per heavy atom. The van der Waals surface area contributed by atoms with Crippen molar-refractivity contribution in [2.24, 2.45) is 5.92 Å². The van der Waals surface area contributed by atoms with Crippen LogP contribution in [0.1, 0.15) is 30.8 Å². The third-order valence-corrected chi connectivity index (χ3v) is 3.23. The van der Waals surface area contributed by atoms with E-state index in [1.807, 2.05) is 13.0 Å². The van der Waals surface area contributed by atoms with E-state index < -0.39 is 0 Å². The summed E-state index contributed by atoms with van der Waals surface area (Å²) >= 11 is 0. The van der Waals surface area contributed by atoms with Crippen molar-refractivity contribution in [2.45, 2.75) is 32.7 Å². The second-order valence-corrected chi connectivity index (χ2v) is 4.77. The fourth-order valence-electron chi connectivity index (χ4n) is 2.21. The molecule has 106 valence electrons. The van der Waals surface area contributed by atoms with Crippen molar-refractivity contribution < 1.29 is 4.79 Å². The number of hydrogen-bond acceptors (Lipinski definition) is 4. The van der Waals surface area contributed by atoms with Crippen LogP contribution in [-0.4, -0.2) is 29.0 Å². The molecule has 0 saturated carbocycles. The fourth-order valence-corrected chi connectivity index (χ4v) is 2.21. The van der Waals surface area contributed by atoms with Gasteiger partial charge in [-0.05, 0) is 44.8 Å². The molecular weight excluding hydrogens is 264 g/mol. The standard InChI is InChI=1S/C13H20N4O.ClH/c1-10-15-7-4-12(17-10)9-16-13(18)8-11-2-5-14-6-3-11;/h4,7,11,14H,2-3,5-6,8-9H2,1H3,(H,16,18);1H. The first-order chi connectivity index (χ1) is 8.74. The number of halogens is 1. The molecule has 0 spiro atoms. The van der Waals surface area contributed by atoms with Crippen LogP contribution in [0.25, 0.3) is 0 Å². The van der Waals surface area contributed by atoms with E-state index in [-0.39, 0.29) is 18.3 Å². The summed E-state index contributed by atoms with van der Waals surface area (Å²) in [6.07, 6.45) is 4.54. The molecule has 5 nitrogen and oxygen atoms in total. The Bertz CT molecular complexity index is 407. The highest BCUT2D eigenvalue weighted by Crippen LogP contribution is 2.15. The van der Waals surface area contributed by atoms with Crippen LogP contribution < -0.4 is 10.6 Å². The second-order valence-electron chi connectivity index (χ2n) is 4.77. The molecule has 2 N–H and O–H groups in total. The Labute approximate surface area is 120 Å². The largest absolute Gasteiger partial charge is 0.350 e. The van der Waals surface area contributed by atoms with Gasteiger partial charge in [-0.1, -0.05) is 0 Å². The Hall–Kier alpha value is -1.20. The molecule has 0 aromatic carbocycles. The maximum atomic E-state index is 11.8. The molecule has 0 atom stereocenters. The van der Waals surface area contributed by atoms with Crippen molar-refractivity contribution in [3.8, 4) is 0 Å². The summed E-state index contributed by atoms with van der Waals surface area (Å²) < 4.78 is 0. The third-order valence-electron chi connectivity index (χ3n) is 3.23. The molecule has 0 bridgehead atoms. The predicted octanol–water partition coefficient (Wildman–Crippen LogP) is 1.21. The van der Waals surface area contributed by atoms with Crippen molar-refractivity contribution in [1.82, 2.24) is 20.6 Å². The van der Waals surface area contributed by atoms with Crippen LogP contribution >= 0.6 is 12.4 Å². The molecule has 0 radical (unpaired) electrons. The maximum Gasteiger partial charge on any atom is 0.220 e. The minimum atomic E-state index is 0. The predicted molar refractivity (Wildman–Crippen MR) is 76.1 cm³/mol. The van der Waals surface area contributed by atoms with Gasteiger partial charge >= 0.3 is 0 Å². The molecule has 1 saturated heterocycles. The summed E-state index contributed by atoms with van der Waals surface area (Å²) in [5.74, 6) is 1.39. The number of carbonyl (C=O) groups is 1. The first-order valence-corrected chi connectivity index (χ1v) is 6.50. The van der Waals surface area contributed by atoms with Gasteiger partial charge in [0.1, 0.15) is 5.82 Å². The van der Waals surface area contributed by atoms with Gasteiger partial charge in [0.15, 0.2) is 0 Å². The number of rotatable bonds is 4. The zero-order valence-corrected chi connectivity index (χ0v) is 12.0. The van der Waals surface area contributed by atoms with E-state index in [0.717, 1.165) is 37.4 Å². The Kier molecular flexibility index (Phi) is 6.73. The Balaban J connectivity index is 0.00000180. The van der Waals surface area contributed by atoms with Gasteiger partial charge in [-0.25, -0.2) is 9.97 Å². The molecule has 6 heteroatoms. The number of piperidine rings is 1. The molecule has 0 aliphatic carbocycles. The second kappa shape index (κ2) is 8.07. The highest BCUT2D eigenvalue weighted by atomic mass is 35.5. The monoisotopic (exact) mass is 284 g/mol. The number of nitrogens with zero attached hydrogens (tertiary/aromatic N) is 2. The number of nitrogens with one attached hydrogen (secondary N) is 2. The van der Waals surface area contributed by atoms with Gasteiger partial charge in [-0.15, -0.1) is 12.4 Å². The van der Waals surface area contributed by atoms with Crippen LogP contribution in [0.4, 0.5) is 0 Å². The van der Waals surface area contributed by atoms with Gasteiger partial charge in [0.2, 0.25) is 5.91 Å². The number of aromatic nitrogens is 2. The molecule has 0 unspecified atom stereocenters. The van der Waals surface area contributed by atoms with Crippen LogP contribution in [0.5, 0.6) is 0 Å². The van der Waals surface area contributed by atoms with Crippen LogP contribution in [-0.2, 0) is 11.3 Å². The molecule has 2 rings (SSSR count). The third kappa shape index (κ3) is 5.53. The van der Waals surface area contributed by atoms with Crippen LogP contribution in [0.15, 0.2) is 12.3 Å². The minimum absolute atomic E-state index is 0. The van der Waals surface area contributed by atoms with E-state index in [9.17, 15) is 4.79 Å². The van der Waals surface area contributed by atoms with Gasteiger partial charge in [0, 0.05) is 12.6 Å². The van der Waals surface area contributed by atoms with Crippen molar-refractivity contribution in [3.05, 3.63) is 23.8 Å². The molecule has 2 heterocycles. The molecule has 1 aromatic rings. The van der Waals surface area contributed by atoms with Crippen molar-refractivity contribution in [1.29, 1.82) is 0 Å². The van der Waals surface area contributed by atoms with Gasteiger partial charge < -0.3 is 10.6 Å². The highest BCUT2D eigenvalue weighted by molar-refractivity contribution is 5.85. The van der Waals surface area contributed by atoms with E-state index in [2.05, 4.69) is 20.6 Å². The van der Waals surface area contributed by atoms with Crippen LogP contribution in [0, 0.1) is 12.8 Å². The van der Waals surface area contributed by atoms with Crippen molar-refractivity contribution >= 4 is 18.3 Å². The zero-order chi connectivity index (χ0) is 12.8. The first kappa shape index (κ1) is 15.9. The van der Waals surface area contributed by atoms with E-state index >= 15 is 0 Å². The topological polar surface area (TPSA) is 66.9 Å². The Morgan fingerprint density at radius 1 is 1.47 bits per heavy atom. The number of amides is 1. The van der Waals surface area contributed by atoms with Gasteiger partial charge in [0.25, 0.3) is 0 Å². The molecule has 1 aliphatic heterocycles. The SMILES string of the molecule is Cc1nccc(CNC(=O)CC2CCNCC2)n1.Cl. The summed E-state index contributed by atoms with van der Waals surface area (Å²) in [6.45, 7) is 4.40. The minimum Gasteiger partial charge on any atom is -0.350 e. The molecule has 1 amide bonds. The summed E-state index contributed by atoms with van der Waals surface area (Å²) in [4.78, 5) is 20.1. The summed E-state index contributed by atoms with van der Waals surface area (Å²) in [7, 11) is 0. The average Bonchev–Trinajstić information content (AvgIpc) is 2.38. The summed E-state index contributed by atoms with van der Waals surface area (Å²) in [5.41, 5.74) is 0.862. The fraction of sp³-hybridized carbons (Fsp3) is 0.615. The Morgan fingerprint density at radius 2 is 2.21 bits per heavy atom. The number of carbonyl (C=O) groups excluding carboxylic acids is 1. The van der Waals surface area contributed by atoms with E-state index in [1.165, 1.54) is 0 Å². The van der Waals surface area contributed by atoms with E-state index in [0.29, 0.717) is 18.9 Å². The molecule has 19 heavy (non-hydrogen) atoms. The van der Waals surface area contributed by atoms with E-state index in [4.69, 9.17) is 0 Å². The maximum absolute atomic E-state index is 11.8. The molecule has 1 aliphatic rings. The highest BCUT2D eigenvalue weighted by Gasteiger charge is 2.16. The quantitative estimate of drug-likeness (QED) is 0.872. The summed E-state index contributed by atoms with van der Waals surface area (Å²) in [6, 6.07) is 1.83. The van der Waals surface area contributed by atoms with Gasteiger partial charge in [-0.2, -0.15) is 0 Å². The van der Waals surface area contributed by atoms with Crippen molar-refractivity contribution in [3.63, 3.8) is 0 Å². The molecule has 1 fully saturated rings. The first-order valence-electron chi connectivity index (χ1n) is 6.50. The lowest BCUT2D eigenvalue weighted by atomic mass is 9.94. The lowest BCUT2D eigenvalue weighted by Gasteiger charge is -2.21. The lowest BCUT2D eigenvalue weighted by Crippen LogP contribution is -2.32. The zero-order valence-electron chi connectivity index (χ0n) is 11.2. The lowest BCUT2D eigenvalue weighted by molar-refractivity contribution is -0.122. The van der Waals surface area contributed by atoms with Crippen molar-refractivity contribution in [2.75, 3.05) is 13.1 Å². The van der Waals surface area contributed by atoms with Crippen LogP contribution in [0.2, 0.25) is 0 Å². The number of hydrogen-bond donors (Lipinski definition) is 2. The number of aryl methyl sites for hydroxylation is 1. The van der Waals surface area contributed by atoms with Crippen LogP contribution in [0.3, 0.4) is 0 Å². The molecular formula is C13H21ClN4O. The normalized spacial score (nSPS) is 15.6. The summed E-state index contributed by atoms with van der Waals surface area (Å²) in [5, 5.41) is 6.23. The van der Waals surface area contributed by atoms with Gasteiger partial charge in [-0.3, -0.25) is 4.79 Å². The van der Waals surface area contributed by atoms with E-state index in [1.54, 1.807) is 6.20 Å².